The lowest BCUT2D eigenvalue weighted by Gasteiger charge is -2.26. The van der Waals surface area contributed by atoms with Gasteiger partial charge in [-0.1, -0.05) is 182 Å². The SMILES string of the molecule is c1ccc(C2=NC(n3c4ccccc4c4ccc5c6ccccc6n(-c6cccc(-c7cc(-c8ccccc8)nc(-c8ccccc8)n7)c6)c5c43)NC(c3ccccc3)=N2)cc1. The third-order valence-electron chi connectivity index (χ3n) is 11.8. The molecule has 11 aromatic rings. The van der Waals surface area contributed by atoms with Gasteiger partial charge in [0.2, 0.25) is 6.29 Å². The van der Waals surface area contributed by atoms with Crippen molar-refractivity contribution >= 4 is 55.3 Å². The molecule has 0 spiro atoms. The van der Waals surface area contributed by atoms with Crippen LogP contribution in [0.3, 0.4) is 0 Å². The van der Waals surface area contributed by atoms with E-state index in [1.54, 1.807) is 0 Å². The molecule has 0 saturated carbocycles. The van der Waals surface area contributed by atoms with Gasteiger partial charge in [-0.15, -0.1) is 0 Å². The van der Waals surface area contributed by atoms with Crippen molar-refractivity contribution in [1.29, 1.82) is 0 Å². The van der Waals surface area contributed by atoms with E-state index in [1.165, 1.54) is 5.39 Å². The third kappa shape index (κ3) is 5.98. The average Bonchev–Trinajstić information content (AvgIpc) is 3.88. The Morgan fingerprint density at radius 3 is 1.63 bits per heavy atom. The molecule has 0 fully saturated rings. The molecule has 62 heavy (non-hydrogen) atoms. The van der Waals surface area contributed by atoms with Gasteiger partial charge in [0.05, 0.1) is 33.5 Å². The van der Waals surface area contributed by atoms with E-state index in [1.807, 2.05) is 72.8 Å². The first-order valence-corrected chi connectivity index (χ1v) is 20.8. The zero-order valence-electron chi connectivity index (χ0n) is 33.5. The Bertz CT molecular complexity index is 3480. The number of fused-ring (bicyclic) bond motifs is 7. The van der Waals surface area contributed by atoms with Gasteiger partial charge in [0.1, 0.15) is 5.84 Å². The summed E-state index contributed by atoms with van der Waals surface area (Å²) in [6.07, 6.45) is -0.516. The van der Waals surface area contributed by atoms with E-state index in [2.05, 4.69) is 154 Å². The van der Waals surface area contributed by atoms with Crippen molar-refractivity contribution < 1.29 is 0 Å². The molecule has 12 rings (SSSR count). The van der Waals surface area contributed by atoms with Crippen molar-refractivity contribution in [3.63, 3.8) is 0 Å². The van der Waals surface area contributed by atoms with Crippen LogP contribution in [-0.2, 0) is 0 Å². The Morgan fingerprint density at radius 2 is 0.935 bits per heavy atom. The van der Waals surface area contributed by atoms with E-state index >= 15 is 0 Å². The molecule has 1 aliphatic heterocycles. The average molecular weight is 796 g/mol. The van der Waals surface area contributed by atoms with Crippen molar-refractivity contribution in [2.24, 2.45) is 9.98 Å². The van der Waals surface area contributed by atoms with E-state index in [-0.39, 0.29) is 0 Å². The van der Waals surface area contributed by atoms with Crippen LogP contribution in [0.2, 0.25) is 0 Å². The fraction of sp³-hybridized carbons (Fsp3) is 0.0182. The summed E-state index contributed by atoms with van der Waals surface area (Å²) in [6, 6.07) is 73.8. The van der Waals surface area contributed by atoms with Gasteiger partial charge in [-0.05, 0) is 30.3 Å². The van der Waals surface area contributed by atoms with E-state index < -0.39 is 6.29 Å². The number of amidine groups is 2. The van der Waals surface area contributed by atoms with Crippen LogP contribution in [0.4, 0.5) is 0 Å². The maximum absolute atomic E-state index is 5.41. The van der Waals surface area contributed by atoms with Crippen LogP contribution in [0.1, 0.15) is 17.4 Å². The van der Waals surface area contributed by atoms with Crippen LogP contribution in [0, 0.1) is 0 Å². The number of nitrogens with zero attached hydrogens (tertiary/aromatic N) is 6. The van der Waals surface area contributed by atoms with E-state index in [4.69, 9.17) is 20.0 Å². The van der Waals surface area contributed by atoms with E-state index in [0.29, 0.717) is 11.7 Å². The molecule has 0 aliphatic carbocycles. The molecule has 8 aromatic carbocycles. The first kappa shape index (κ1) is 35.5. The normalized spacial score (nSPS) is 14.0. The Labute approximate surface area is 357 Å². The van der Waals surface area contributed by atoms with Crippen LogP contribution in [0.15, 0.2) is 222 Å². The highest BCUT2D eigenvalue weighted by atomic mass is 15.3. The fourth-order valence-electron chi connectivity index (χ4n) is 8.96. The maximum atomic E-state index is 5.41. The van der Waals surface area contributed by atoms with Crippen LogP contribution in [0.25, 0.3) is 83.2 Å². The maximum Gasteiger partial charge on any atom is 0.204 e. The smallest absolute Gasteiger partial charge is 0.204 e. The number of rotatable bonds is 7. The number of para-hydroxylation sites is 2. The third-order valence-corrected chi connectivity index (χ3v) is 11.8. The standard InChI is InChI=1S/C55H37N7/c1-5-18-36(19-6-1)46-35-47(57-52(56-46)37-20-7-2-8-21-37)40-26-17-27-41(34-40)61-48-30-15-13-28-42(48)44-32-33-45-43-29-14-16-31-49(43)62(51(45)50(44)61)55-59-53(38-22-9-3-10-23-38)58-54(60-55)39-24-11-4-12-25-39/h1-35,55H,(H,58,59,60). The first-order chi connectivity index (χ1) is 30.7. The number of aliphatic imine (C=N–C) groups is 2. The molecule has 0 bridgehead atoms. The highest BCUT2D eigenvalue weighted by molar-refractivity contribution is 6.23. The minimum atomic E-state index is -0.516. The van der Waals surface area contributed by atoms with Gasteiger partial charge < -0.3 is 9.88 Å². The fourth-order valence-corrected chi connectivity index (χ4v) is 8.96. The lowest BCUT2D eigenvalue weighted by molar-refractivity contribution is 0.516. The molecule has 1 aliphatic rings. The second-order valence-electron chi connectivity index (χ2n) is 15.5. The molecule has 3 aromatic heterocycles. The van der Waals surface area contributed by atoms with Crippen LogP contribution >= 0.6 is 0 Å². The number of hydrogen-bond acceptors (Lipinski definition) is 5. The van der Waals surface area contributed by atoms with Crippen LogP contribution in [-0.4, -0.2) is 30.8 Å². The van der Waals surface area contributed by atoms with Gasteiger partial charge >= 0.3 is 0 Å². The van der Waals surface area contributed by atoms with Crippen molar-refractivity contribution in [2.45, 2.75) is 6.29 Å². The number of benzene rings is 8. The minimum absolute atomic E-state index is 0.516. The lowest BCUT2D eigenvalue weighted by Crippen LogP contribution is -2.36. The van der Waals surface area contributed by atoms with Crippen molar-refractivity contribution in [3.8, 4) is 39.6 Å². The van der Waals surface area contributed by atoms with Gasteiger partial charge in [0.15, 0.2) is 11.7 Å². The van der Waals surface area contributed by atoms with Crippen molar-refractivity contribution in [2.75, 3.05) is 0 Å². The molecule has 0 radical (unpaired) electrons. The highest BCUT2D eigenvalue weighted by Gasteiger charge is 2.27. The quantitative estimate of drug-likeness (QED) is 0.175. The predicted octanol–water partition coefficient (Wildman–Crippen LogP) is 12.6. The molecule has 4 heterocycles. The van der Waals surface area contributed by atoms with Gasteiger partial charge in [0.25, 0.3) is 0 Å². The first-order valence-electron chi connectivity index (χ1n) is 20.8. The van der Waals surface area contributed by atoms with Crippen LogP contribution in [0.5, 0.6) is 0 Å². The van der Waals surface area contributed by atoms with Crippen LogP contribution < -0.4 is 5.32 Å². The molecule has 1 N–H and O–H groups in total. The molecule has 1 unspecified atom stereocenters. The Morgan fingerprint density at radius 1 is 0.403 bits per heavy atom. The molecule has 7 heteroatoms. The molecule has 0 amide bonds. The van der Waals surface area contributed by atoms with E-state index in [0.717, 1.165) is 89.0 Å². The Hall–Kier alpha value is -8.42. The zero-order chi connectivity index (χ0) is 41.0. The second kappa shape index (κ2) is 14.7. The summed E-state index contributed by atoms with van der Waals surface area (Å²) in [7, 11) is 0. The van der Waals surface area contributed by atoms with Gasteiger partial charge in [-0.2, -0.15) is 0 Å². The van der Waals surface area contributed by atoms with Gasteiger partial charge in [0, 0.05) is 55.0 Å². The largest absolute Gasteiger partial charge is 0.331 e. The summed E-state index contributed by atoms with van der Waals surface area (Å²) in [6.45, 7) is 0. The number of hydrogen-bond donors (Lipinski definition) is 1. The van der Waals surface area contributed by atoms with Crippen molar-refractivity contribution in [1.82, 2.24) is 24.4 Å². The Balaban J connectivity index is 1.11. The summed E-state index contributed by atoms with van der Waals surface area (Å²) >= 11 is 0. The monoisotopic (exact) mass is 795 g/mol. The van der Waals surface area contributed by atoms with Gasteiger partial charge in [-0.3, -0.25) is 4.57 Å². The predicted molar refractivity (Wildman–Crippen MR) is 254 cm³/mol. The number of nitrogens with one attached hydrogen (secondary N) is 1. The summed E-state index contributed by atoms with van der Waals surface area (Å²) in [5.74, 6) is 2.13. The highest BCUT2D eigenvalue weighted by Crippen LogP contribution is 2.42. The summed E-state index contributed by atoms with van der Waals surface area (Å²) in [4.78, 5) is 20.8. The Kier molecular flexibility index (Phi) is 8.42. The molecular weight excluding hydrogens is 759 g/mol. The molecule has 292 valence electrons. The van der Waals surface area contributed by atoms with Gasteiger partial charge in [-0.25, -0.2) is 20.0 Å². The summed E-state index contributed by atoms with van der Waals surface area (Å²) in [5, 5.41) is 8.41. The molecular formula is C55H37N7. The summed E-state index contributed by atoms with van der Waals surface area (Å²) in [5.41, 5.74) is 12.1. The van der Waals surface area contributed by atoms with E-state index in [9.17, 15) is 0 Å². The van der Waals surface area contributed by atoms with Crippen molar-refractivity contribution in [3.05, 3.63) is 223 Å². The lowest BCUT2D eigenvalue weighted by atomic mass is 10.1. The molecule has 0 saturated heterocycles. The topological polar surface area (TPSA) is 72.4 Å². The minimum Gasteiger partial charge on any atom is -0.331 e. The molecule has 1 atom stereocenters. The zero-order valence-corrected chi connectivity index (χ0v) is 33.5. The number of aromatic nitrogens is 4. The molecule has 7 nitrogen and oxygen atoms in total. The summed E-state index contributed by atoms with van der Waals surface area (Å²) < 4.78 is 4.79. The second-order valence-corrected chi connectivity index (χ2v) is 15.5.